The number of benzene rings is 3. The van der Waals surface area contributed by atoms with Crippen molar-refractivity contribution in [3.8, 4) is 17.2 Å². The highest BCUT2D eigenvalue weighted by molar-refractivity contribution is 6.30. The molecule has 0 saturated carbocycles. The Hall–Kier alpha value is -3.51. The molecule has 0 heterocycles. The van der Waals surface area contributed by atoms with E-state index in [2.05, 4.69) is 10.5 Å². The normalized spacial score (nSPS) is 10.6. The predicted octanol–water partition coefficient (Wildman–Crippen LogP) is 4.85. The molecule has 0 aliphatic carbocycles. The van der Waals surface area contributed by atoms with Crippen molar-refractivity contribution >= 4 is 23.7 Å². The lowest BCUT2D eigenvalue weighted by molar-refractivity contribution is -0.123. The number of halogens is 1. The van der Waals surface area contributed by atoms with E-state index in [1.165, 1.54) is 6.21 Å². The Kier molecular flexibility index (Phi) is 8.31. The topological polar surface area (TPSA) is 69.2 Å². The molecule has 1 amide bonds. The maximum absolute atomic E-state index is 11.9. The number of carbonyl (C=O) groups is 1. The fourth-order valence-electron chi connectivity index (χ4n) is 2.66. The first kappa shape index (κ1) is 22.2. The molecule has 0 unspecified atom stereocenters. The van der Waals surface area contributed by atoms with Crippen LogP contribution in [0.25, 0.3) is 0 Å². The molecular formula is C24H23ClN2O4. The van der Waals surface area contributed by atoms with Gasteiger partial charge in [-0.1, -0.05) is 41.9 Å². The molecule has 3 aromatic carbocycles. The van der Waals surface area contributed by atoms with Gasteiger partial charge in [0.1, 0.15) is 12.4 Å². The summed E-state index contributed by atoms with van der Waals surface area (Å²) >= 11 is 6.02. The van der Waals surface area contributed by atoms with Crippen LogP contribution >= 0.6 is 11.6 Å². The van der Waals surface area contributed by atoms with Crippen molar-refractivity contribution in [2.45, 2.75) is 13.5 Å². The van der Waals surface area contributed by atoms with Crippen molar-refractivity contribution < 1.29 is 19.0 Å². The van der Waals surface area contributed by atoms with Gasteiger partial charge in [0.05, 0.1) is 12.8 Å². The standard InChI is InChI=1S/C24H23ClN2O4/c1-2-29-23-14-18(11-12-22(23)31-16-19-7-6-8-20(25)13-19)15-26-27-24(28)17-30-21-9-4-3-5-10-21/h3-15H,2,16-17H2,1H3,(H,27,28)/b26-15-. The minimum absolute atomic E-state index is 0.123. The average Bonchev–Trinajstić information content (AvgIpc) is 2.78. The number of para-hydroxylation sites is 1. The molecule has 7 heteroatoms. The summed E-state index contributed by atoms with van der Waals surface area (Å²) < 4.78 is 17.0. The SMILES string of the molecule is CCOc1cc(/C=N\NC(=O)COc2ccccc2)ccc1OCc1cccc(Cl)c1. The van der Waals surface area contributed by atoms with Gasteiger partial charge in [-0.3, -0.25) is 4.79 Å². The molecule has 0 atom stereocenters. The van der Waals surface area contributed by atoms with E-state index in [4.69, 9.17) is 25.8 Å². The van der Waals surface area contributed by atoms with Crippen molar-refractivity contribution in [2.24, 2.45) is 5.10 Å². The average molecular weight is 439 g/mol. The van der Waals surface area contributed by atoms with E-state index in [9.17, 15) is 4.79 Å². The van der Waals surface area contributed by atoms with Crippen LogP contribution in [0.5, 0.6) is 17.2 Å². The molecule has 0 bridgehead atoms. The van der Waals surface area contributed by atoms with Crippen LogP contribution in [0.15, 0.2) is 77.9 Å². The zero-order valence-electron chi connectivity index (χ0n) is 17.1. The molecule has 1 N–H and O–H groups in total. The molecule has 160 valence electrons. The summed E-state index contributed by atoms with van der Waals surface area (Å²) in [4.78, 5) is 11.9. The number of hydrogen-bond acceptors (Lipinski definition) is 5. The van der Waals surface area contributed by atoms with Gasteiger partial charge in [0, 0.05) is 5.02 Å². The van der Waals surface area contributed by atoms with E-state index in [0.717, 1.165) is 11.1 Å². The summed E-state index contributed by atoms with van der Waals surface area (Å²) in [6.07, 6.45) is 1.53. The van der Waals surface area contributed by atoms with Gasteiger partial charge in [0.25, 0.3) is 5.91 Å². The monoisotopic (exact) mass is 438 g/mol. The summed E-state index contributed by atoms with van der Waals surface area (Å²) in [6.45, 7) is 2.63. The first-order valence-electron chi connectivity index (χ1n) is 9.78. The minimum Gasteiger partial charge on any atom is -0.490 e. The van der Waals surface area contributed by atoms with E-state index < -0.39 is 0 Å². The second kappa shape index (κ2) is 11.6. The van der Waals surface area contributed by atoms with E-state index >= 15 is 0 Å². The Morgan fingerprint density at radius 2 is 1.81 bits per heavy atom. The van der Waals surface area contributed by atoms with Crippen LogP contribution < -0.4 is 19.6 Å². The van der Waals surface area contributed by atoms with Crippen molar-refractivity contribution in [1.29, 1.82) is 0 Å². The third-order valence-corrected chi connectivity index (χ3v) is 4.30. The van der Waals surface area contributed by atoms with Crippen LogP contribution in [0.4, 0.5) is 0 Å². The van der Waals surface area contributed by atoms with Crippen molar-refractivity contribution in [3.63, 3.8) is 0 Å². The second-order valence-corrected chi connectivity index (χ2v) is 6.89. The molecular weight excluding hydrogens is 416 g/mol. The minimum atomic E-state index is -0.355. The highest BCUT2D eigenvalue weighted by Crippen LogP contribution is 2.29. The van der Waals surface area contributed by atoms with Crippen LogP contribution in [0.1, 0.15) is 18.1 Å². The van der Waals surface area contributed by atoms with Crippen molar-refractivity contribution in [3.05, 3.63) is 88.9 Å². The Morgan fingerprint density at radius 1 is 0.968 bits per heavy atom. The molecule has 0 aliphatic rings. The van der Waals surface area contributed by atoms with Gasteiger partial charge in [-0.25, -0.2) is 5.43 Å². The largest absolute Gasteiger partial charge is 0.490 e. The quantitative estimate of drug-likeness (QED) is 0.363. The fourth-order valence-corrected chi connectivity index (χ4v) is 2.87. The number of rotatable bonds is 10. The van der Waals surface area contributed by atoms with Gasteiger partial charge in [-0.2, -0.15) is 5.10 Å². The molecule has 0 fully saturated rings. The van der Waals surface area contributed by atoms with Gasteiger partial charge in [-0.05, 0) is 60.5 Å². The third-order valence-electron chi connectivity index (χ3n) is 4.07. The number of hydrazone groups is 1. The van der Waals surface area contributed by atoms with Gasteiger partial charge in [0.2, 0.25) is 0 Å². The molecule has 0 spiro atoms. The Morgan fingerprint density at radius 3 is 2.58 bits per heavy atom. The zero-order valence-corrected chi connectivity index (χ0v) is 17.8. The van der Waals surface area contributed by atoms with E-state index in [-0.39, 0.29) is 12.5 Å². The van der Waals surface area contributed by atoms with E-state index in [1.54, 1.807) is 24.3 Å². The molecule has 3 rings (SSSR count). The van der Waals surface area contributed by atoms with E-state index in [0.29, 0.717) is 35.5 Å². The summed E-state index contributed by atoms with van der Waals surface area (Å²) in [6, 6.07) is 22.0. The fraction of sp³-hybridized carbons (Fsp3) is 0.167. The number of carbonyl (C=O) groups excluding carboxylic acids is 1. The highest BCUT2D eigenvalue weighted by atomic mass is 35.5. The number of nitrogens with zero attached hydrogens (tertiary/aromatic N) is 1. The van der Waals surface area contributed by atoms with Gasteiger partial charge < -0.3 is 14.2 Å². The van der Waals surface area contributed by atoms with Crippen LogP contribution in [-0.4, -0.2) is 25.3 Å². The van der Waals surface area contributed by atoms with Crippen LogP contribution in [0.2, 0.25) is 5.02 Å². The van der Waals surface area contributed by atoms with Crippen molar-refractivity contribution in [2.75, 3.05) is 13.2 Å². The first-order chi connectivity index (χ1) is 15.1. The second-order valence-electron chi connectivity index (χ2n) is 6.45. The predicted molar refractivity (Wildman–Crippen MR) is 121 cm³/mol. The Bertz CT molecular complexity index is 1030. The molecule has 0 aliphatic heterocycles. The number of nitrogens with one attached hydrogen (secondary N) is 1. The van der Waals surface area contributed by atoms with Crippen LogP contribution in [-0.2, 0) is 11.4 Å². The maximum atomic E-state index is 11.9. The molecule has 0 saturated heterocycles. The molecule has 0 aromatic heterocycles. The van der Waals surface area contributed by atoms with Crippen LogP contribution in [0, 0.1) is 0 Å². The maximum Gasteiger partial charge on any atom is 0.277 e. The number of amides is 1. The summed E-state index contributed by atoms with van der Waals surface area (Å²) in [7, 11) is 0. The summed E-state index contributed by atoms with van der Waals surface area (Å²) in [5, 5.41) is 4.63. The lowest BCUT2D eigenvalue weighted by Crippen LogP contribution is -2.24. The highest BCUT2D eigenvalue weighted by Gasteiger charge is 2.07. The zero-order chi connectivity index (χ0) is 21.9. The van der Waals surface area contributed by atoms with Gasteiger partial charge in [-0.15, -0.1) is 0 Å². The third kappa shape index (κ3) is 7.35. The molecule has 0 radical (unpaired) electrons. The summed E-state index contributed by atoms with van der Waals surface area (Å²) in [5.41, 5.74) is 4.15. The smallest absolute Gasteiger partial charge is 0.277 e. The van der Waals surface area contributed by atoms with Gasteiger partial charge in [0.15, 0.2) is 18.1 Å². The lowest BCUT2D eigenvalue weighted by atomic mass is 10.2. The summed E-state index contributed by atoms with van der Waals surface area (Å²) in [5.74, 6) is 1.47. The first-order valence-corrected chi connectivity index (χ1v) is 10.2. The molecule has 6 nitrogen and oxygen atoms in total. The molecule has 31 heavy (non-hydrogen) atoms. The molecule has 3 aromatic rings. The van der Waals surface area contributed by atoms with E-state index in [1.807, 2.05) is 55.5 Å². The number of hydrogen-bond donors (Lipinski definition) is 1. The number of ether oxygens (including phenoxy) is 3. The lowest BCUT2D eigenvalue weighted by Gasteiger charge is -2.12. The Labute approximate surface area is 186 Å². The van der Waals surface area contributed by atoms with Gasteiger partial charge >= 0.3 is 0 Å². The van der Waals surface area contributed by atoms with Crippen LogP contribution in [0.3, 0.4) is 0 Å². The Balaban J connectivity index is 1.55. The van der Waals surface area contributed by atoms with Crippen molar-refractivity contribution in [1.82, 2.24) is 5.43 Å².